The molecular formula is C15H18N2O. The molecule has 1 aromatic carbocycles. The molecule has 2 rings (SSSR count). The summed E-state index contributed by atoms with van der Waals surface area (Å²) in [6.45, 7) is 0.820. The molecule has 0 aromatic heterocycles. The number of ether oxygens (including phenoxy) is 1. The normalized spacial score (nSPS) is 18.3. The lowest BCUT2D eigenvalue weighted by Crippen LogP contribution is -2.29. The molecule has 0 saturated carbocycles. The first-order valence-electron chi connectivity index (χ1n) is 6.29. The van der Waals surface area contributed by atoms with Crippen molar-refractivity contribution in [2.24, 2.45) is 0 Å². The summed E-state index contributed by atoms with van der Waals surface area (Å²) in [4.78, 5) is 0. The van der Waals surface area contributed by atoms with Gasteiger partial charge in [-0.2, -0.15) is 5.26 Å². The summed E-state index contributed by atoms with van der Waals surface area (Å²) in [5, 5.41) is 12.5. The van der Waals surface area contributed by atoms with E-state index < -0.39 is 0 Å². The van der Waals surface area contributed by atoms with E-state index in [9.17, 15) is 0 Å². The number of hydrogen-bond donors (Lipinski definition) is 1. The van der Waals surface area contributed by atoms with Gasteiger partial charge in [0, 0.05) is 12.6 Å². The van der Waals surface area contributed by atoms with Gasteiger partial charge in [-0.1, -0.05) is 18.2 Å². The zero-order valence-electron chi connectivity index (χ0n) is 10.6. The minimum absolute atomic E-state index is 0.566. The Hall–Kier alpha value is -1.79. The fourth-order valence-electron chi connectivity index (χ4n) is 2.18. The summed E-state index contributed by atoms with van der Waals surface area (Å²) in [6.07, 6.45) is 7.94. The Bertz CT molecular complexity index is 474. The zero-order chi connectivity index (χ0) is 12.8. The van der Waals surface area contributed by atoms with E-state index in [2.05, 4.69) is 23.5 Å². The molecule has 1 N–H and O–H groups in total. The van der Waals surface area contributed by atoms with E-state index >= 15 is 0 Å². The minimum atomic E-state index is 0.566. The molecule has 0 amide bonds. The average Bonchev–Trinajstić information content (AvgIpc) is 2.45. The molecule has 0 spiro atoms. The topological polar surface area (TPSA) is 45.0 Å². The molecule has 0 fully saturated rings. The highest BCUT2D eigenvalue weighted by atomic mass is 16.5. The molecule has 1 aliphatic rings. The SMILES string of the molecule is COc1cc(CNC2CC=CCC2)ccc1C#N. The van der Waals surface area contributed by atoms with Crippen LogP contribution in [0, 0.1) is 11.3 Å². The van der Waals surface area contributed by atoms with Crippen molar-refractivity contribution < 1.29 is 4.74 Å². The van der Waals surface area contributed by atoms with Crippen LogP contribution < -0.4 is 10.1 Å². The van der Waals surface area contributed by atoms with Crippen molar-refractivity contribution >= 4 is 0 Å². The lowest BCUT2D eigenvalue weighted by atomic mass is 10.0. The minimum Gasteiger partial charge on any atom is -0.495 e. The second-order valence-corrected chi connectivity index (χ2v) is 4.51. The van der Waals surface area contributed by atoms with Crippen LogP contribution in [0.25, 0.3) is 0 Å². The van der Waals surface area contributed by atoms with Crippen LogP contribution in [0.15, 0.2) is 30.4 Å². The Balaban J connectivity index is 1.97. The number of rotatable bonds is 4. The van der Waals surface area contributed by atoms with Crippen molar-refractivity contribution in [2.45, 2.75) is 31.8 Å². The average molecular weight is 242 g/mol. The number of nitrogens with one attached hydrogen (secondary N) is 1. The molecule has 1 unspecified atom stereocenters. The van der Waals surface area contributed by atoms with Gasteiger partial charge < -0.3 is 10.1 Å². The lowest BCUT2D eigenvalue weighted by molar-refractivity contribution is 0.412. The van der Waals surface area contributed by atoms with Crippen LogP contribution in [0.1, 0.15) is 30.4 Å². The summed E-state index contributed by atoms with van der Waals surface area (Å²) in [6, 6.07) is 8.42. The van der Waals surface area contributed by atoms with Crippen molar-refractivity contribution in [3.05, 3.63) is 41.5 Å². The predicted molar refractivity (Wildman–Crippen MR) is 71.3 cm³/mol. The molecule has 1 aliphatic carbocycles. The van der Waals surface area contributed by atoms with Crippen molar-refractivity contribution in [1.29, 1.82) is 5.26 Å². The van der Waals surface area contributed by atoms with Gasteiger partial charge in [-0.25, -0.2) is 0 Å². The largest absolute Gasteiger partial charge is 0.495 e. The highest BCUT2D eigenvalue weighted by Gasteiger charge is 2.09. The molecule has 1 aromatic rings. The third kappa shape index (κ3) is 3.12. The third-order valence-corrected chi connectivity index (χ3v) is 3.25. The molecule has 94 valence electrons. The van der Waals surface area contributed by atoms with Crippen LogP contribution in [-0.4, -0.2) is 13.2 Å². The maximum Gasteiger partial charge on any atom is 0.136 e. The van der Waals surface area contributed by atoms with Gasteiger partial charge in [0.15, 0.2) is 0 Å². The number of benzene rings is 1. The van der Waals surface area contributed by atoms with Crippen LogP contribution >= 0.6 is 0 Å². The smallest absolute Gasteiger partial charge is 0.136 e. The van der Waals surface area contributed by atoms with Gasteiger partial charge in [0.1, 0.15) is 11.8 Å². The molecule has 0 saturated heterocycles. The highest BCUT2D eigenvalue weighted by Crippen LogP contribution is 2.19. The molecule has 18 heavy (non-hydrogen) atoms. The third-order valence-electron chi connectivity index (χ3n) is 3.25. The monoisotopic (exact) mass is 242 g/mol. The van der Waals surface area contributed by atoms with Crippen LogP contribution in [0.2, 0.25) is 0 Å². The Kier molecular flexibility index (Phi) is 4.38. The fourth-order valence-corrected chi connectivity index (χ4v) is 2.18. The molecule has 0 heterocycles. The van der Waals surface area contributed by atoms with Gasteiger partial charge in [-0.3, -0.25) is 0 Å². The molecule has 0 radical (unpaired) electrons. The van der Waals surface area contributed by atoms with Gasteiger partial charge in [-0.05, 0) is 37.0 Å². The summed E-state index contributed by atoms with van der Waals surface area (Å²) < 4.78 is 5.21. The van der Waals surface area contributed by atoms with Gasteiger partial charge in [-0.15, -0.1) is 0 Å². The predicted octanol–water partition coefficient (Wildman–Crippen LogP) is 2.77. The fraction of sp³-hybridized carbons (Fsp3) is 0.400. The highest BCUT2D eigenvalue weighted by molar-refractivity contribution is 5.45. The molecule has 0 aliphatic heterocycles. The van der Waals surface area contributed by atoms with Crippen LogP contribution in [0.3, 0.4) is 0 Å². The first-order chi connectivity index (χ1) is 8.83. The molecule has 3 nitrogen and oxygen atoms in total. The van der Waals surface area contributed by atoms with E-state index in [1.54, 1.807) is 7.11 Å². The molecule has 1 atom stereocenters. The van der Waals surface area contributed by atoms with E-state index in [4.69, 9.17) is 10.00 Å². The molecule has 0 bridgehead atoms. The zero-order valence-corrected chi connectivity index (χ0v) is 10.6. The van der Waals surface area contributed by atoms with E-state index in [1.165, 1.54) is 6.42 Å². The van der Waals surface area contributed by atoms with Crippen LogP contribution in [-0.2, 0) is 6.54 Å². The maximum absolute atomic E-state index is 8.92. The Morgan fingerprint density at radius 3 is 3.00 bits per heavy atom. The standard InChI is InChI=1S/C15H18N2O/c1-18-15-9-12(7-8-13(15)10-16)11-17-14-5-3-2-4-6-14/h2-3,7-9,14,17H,4-6,11H2,1H3. The van der Waals surface area contributed by atoms with Gasteiger partial charge in [0.05, 0.1) is 12.7 Å². The Labute approximate surface area is 108 Å². The van der Waals surface area contributed by atoms with E-state index in [0.717, 1.165) is 24.9 Å². The van der Waals surface area contributed by atoms with E-state index in [0.29, 0.717) is 17.4 Å². The van der Waals surface area contributed by atoms with E-state index in [1.807, 2.05) is 18.2 Å². The van der Waals surface area contributed by atoms with Crippen LogP contribution in [0.4, 0.5) is 0 Å². The summed E-state index contributed by atoms with van der Waals surface area (Å²) in [7, 11) is 1.60. The summed E-state index contributed by atoms with van der Waals surface area (Å²) >= 11 is 0. The van der Waals surface area contributed by atoms with E-state index in [-0.39, 0.29) is 0 Å². The second-order valence-electron chi connectivity index (χ2n) is 4.51. The van der Waals surface area contributed by atoms with Crippen LogP contribution in [0.5, 0.6) is 5.75 Å². The number of hydrogen-bond acceptors (Lipinski definition) is 3. The van der Waals surface area contributed by atoms with Gasteiger partial charge in [0.25, 0.3) is 0 Å². The Morgan fingerprint density at radius 2 is 2.33 bits per heavy atom. The van der Waals surface area contributed by atoms with Crippen molar-refractivity contribution in [2.75, 3.05) is 7.11 Å². The molecule has 3 heteroatoms. The quantitative estimate of drug-likeness (QED) is 0.826. The van der Waals surface area contributed by atoms with Crippen molar-refractivity contribution in [1.82, 2.24) is 5.32 Å². The first kappa shape index (κ1) is 12.7. The number of allylic oxidation sites excluding steroid dienone is 1. The molecular weight excluding hydrogens is 224 g/mol. The Morgan fingerprint density at radius 1 is 1.44 bits per heavy atom. The summed E-state index contributed by atoms with van der Waals surface area (Å²) in [5.41, 5.74) is 1.74. The lowest BCUT2D eigenvalue weighted by Gasteiger charge is -2.19. The van der Waals surface area contributed by atoms with Gasteiger partial charge in [0.2, 0.25) is 0 Å². The van der Waals surface area contributed by atoms with Crippen molar-refractivity contribution in [3.8, 4) is 11.8 Å². The number of nitriles is 1. The maximum atomic E-state index is 8.92. The first-order valence-corrected chi connectivity index (χ1v) is 6.29. The van der Waals surface area contributed by atoms with Gasteiger partial charge >= 0.3 is 0 Å². The summed E-state index contributed by atoms with van der Waals surface area (Å²) in [5.74, 6) is 0.653. The number of methoxy groups -OCH3 is 1. The van der Waals surface area contributed by atoms with Crippen molar-refractivity contribution in [3.63, 3.8) is 0 Å². The second kappa shape index (κ2) is 6.23. The number of nitrogens with zero attached hydrogens (tertiary/aromatic N) is 1.